The van der Waals surface area contributed by atoms with Crippen molar-refractivity contribution in [1.29, 1.82) is 5.26 Å². The standard InChI is InChI=1S/C21H19N3OS/c1-14-4-5-15(2)19(10-14)23-12-17(11-22)21-24-20(13-26-21)16-6-8-18(25-3)9-7-16/h4-10,12-13,23H,1-3H3/b17-12-. The summed E-state index contributed by atoms with van der Waals surface area (Å²) in [6.07, 6.45) is 1.72. The molecule has 26 heavy (non-hydrogen) atoms. The van der Waals surface area contributed by atoms with Crippen LogP contribution in [0, 0.1) is 25.2 Å². The molecule has 0 radical (unpaired) electrons. The van der Waals surface area contributed by atoms with Crippen molar-refractivity contribution in [2.24, 2.45) is 0 Å². The number of rotatable bonds is 5. The zero-order valence-corrected chi connectivity index (χ0v) is 15.7. The number of nitrogens with zero attached hydrogens (tertiary/aromatic N) is 2. The highest BCUT2D eigenvalue weighted by Gasteiger charge is 2.09. The van der Waals surface area contributed by atoms with E-state index in [0.717, 1.165) is 28.3 Å². The first-order chi connectivity index (χ1) is 12.6. The molecule has 0 aliphatic carbocycles. The molecular formula is C21H19N3OS. The van der Waals surface area contributed by atoms with Gasteiger partial charge in [-0.1, -0.05) is 12.1 Å². The highest BCUT2D eigenvalue weighted by molar-refractivity contribution is 7.11. The Hall–Kier alpha value is -3.10. The smallest absolute Gasteiger partial charge is 0.136 e. The molecule has 0 atom stereocenters. The molecule has 0 amide bonds. The summed E-state index contributed by atoms with van der Waals surface area (Å²) in [6, 6.07) is 16.1. The monoisotopic (exact) mass is 361 g/mol. The minimum atomic E-state index is 0.510. The number of aromatic nitrogens is 1. The fourth-order valence-electron chi connectivity index (χ4n) is 2.47. The van der Waals surface area contributed by atoms with Gasteiger partial charge in [0.05, 0.1) is 12.8 Å². The van der Waals surface area contributed by atoms with Gasteiger partial charge in [0.25, 0.3) is 0 Å². The maximum atomic E-state index is 9.52. The van der Waals surface area contributed by atoms with Gasteiger partial charge in [0.15, 0.2) is 0 Å². The second kappa shape index (κ2) is 7.85. The number of ether oxygens (including phenoxy) is 1. The van der Waals surface area contributed by atoms with E-state index in [-0.39, 0.29) is 0 Å². The van der Waals surface area contributed by atoms with Gasteiger partial charge in [0, 0.05) is 22.8 Å². The van der Waals surface area contributed by atoms with E-state index >= 15 is 0 Å². The maximum absolute atomic E-state index is 9.52. The van der Waals surface area contributed by atoms with Crippen LogP contribution in [-0.2, 0) is 0 Å². The highest BCUT2D eigenvalue weighted by Crippen LogP contribution is 2.27. The number of benzene rings is 2. The number of nitrogens with one attached hydrogen (secondary N) is 1. The lowest BCUT2D eigenvalue weighted by atomic mass is 10.1. The van der Waals surface area contributed by atoms with Gasteiger partial charge in [-0.2, -0.15) is 5.26 Å². The van der Waals surface area contributed by atoms with E-state index < -0.39 is 0 Å². The largest absolute Gasteiger partial charge is 0.497 e. The number of hydrogen-bond acceptors (Lipinski definition) is 5. The van der Waals surface area contributed by atoms with Gasteiger partial charge in [-0.15, -0.1) is 11.3 Å². The molecule has 0 bridgehead atoms. The highest BCUT2D eigenvalue weighted by atomic mass is 32.1. The number of hydrogen-bond donors (Lipinski definition) is 1. The van der Waals surface area contributed by atoms with E-state index in [1.165, 1.54) is 16.9 Å². The Morgan fingerprint density at radius 1 is 1.19 bits per heavy atom. The van der Waals surface area contributed by atoms with Crippen LogP contribution in [-0.4, -0.2) is 12.1 Å². The predicted molar refractivity (Wildman–Crippen MR) is 107 cm³/mol. The van der Waals surface area contributed by atoms with E-state index in [1.54, 1.807) is 13.3 Å². The molecule has 0 unspecified atom stereocenters. The number of anilines is 1. The first-order valence-corrected chi connectivity index (χ1v) is 9.03. The molecule has 0 aliphatic heterocycles. The number of methoxy groups -OCH3 is 1. The first kappa shape index (κ1) is 17.7. The lowest BCUT2D eigenvalue weighted by Crippen LogP contribution is -1.94. The molecular weight excluding hydrogens is 342 g/mol. The number of aryl methyl sites for hydroxylation is 2. The minimum absolute atomic E-state index is 0.510. The normalized spacial score (nSPS) is 11.1. The van der Waals surface area contributed by atoms with Crippen LogP contribution in [0.5, 0.6) is 5.75 Å². The first-order valence-electron chi connectivity index (χ1n) is 8.15. The molecule has 3 rings (SSSR count). The van der Waals surface area contributed by atoms with E-state index in [2.05, 4.69) is 34.6 Å². The van der Waals surface area contributed by atoms with Gasteiger partial charge < -0.3 is 10.1 Å². The van der Waals surface area contributed by atoms with Crippen molar-refractivity contribution in [1.82, 2.24) is 4.98 Å². The second-order valence-corrected chi connectivity index (χ2v) is 6.76. The molecule has 0 saturated heterocycles. The number of nitriles is 1. The Labute approximate surface area is 157 Å². The summed E-state index contributed by atoms with van der Waals surface area (Å²) in [4.78, 5) is 4.61. The summed E-state index contributed by atoms with van der Waals surface area (Å²) in [7, 11) is 1.64. The molecule has 0 aliphatic rings. The van der Waals surface area contributed by atoms with Gasteiger partial charge in [-0.05, 0) is 55.3 Å². The molecule has 0 fully saturated rings. The van der Waals surface area contributed by atoms with Gasteiger partial charge >= 0.3 is 0 Å². The Morgan fingerprint density at radius 3 is 2.65 bits per heavy atom. The van der Waals surface area contributed by atoms with Crippen LogP contribution in [0.25, 0.3) is 16.8 Å². The average Bonchev–Trinajstić information content (AvgIpc) is 3.15. The topological polar surface area (TPSA) is 57.9 Å². The van der Waals surface area contributed by atoms with Crippen LogP contribution in [0.3, 0.4) is 0 Å². The van der Waals surface area contributed by atoms with Crippen LogP contribution >= 0.6 is 11.3 Å². The van der Waals surface area contributed by atoms with Crippen molar-refractivity contribution >= 4 is 22.6 Å². The predicted octanol–water partition coefficient (Wildman–Crippen LogP) is 5.41. The fourth-order valence-corrected chi connectivity index (χ4v) is 3.27. The third-order valence-corrected chi connectivity index (χ3v) is 4.88. The summed E-state index contributed by atoms with van der Waals surface area (Å²) >= 11 is 1.46. The SMILES string of the molecule is COc1ccc(-c2csc(/C(C#N)=C\Nc3cc(C)ccc3C)n2)cc1. The Bertz CT molecular complexity index is 981. The lowest BCUT2D eigenvalue weighted by Gasteiger charge is -2.06. The maximum Gasteiger partial charge on any atom is 0.136 e. The summed E-state index contributed by atoms with van der Waals surface area (Å²) in [5, 5.41) is 15.4. The van der Waals surface area contributed by atoms with Crippen LogP contribution in [0.2, 0.25) is 0 Å². The van der Waals surface area contributed by atoms with Crippen molar-refractivity contribution in [3.05, 3.63) is 70.2 Å². The van der Waals surface area contributed by atoms with Crippen molar-refractivity contribution in [2.45, 2.75) is 13.8 Å². The van der Waals surface area contributed by atoms with Crippen molar-refractivity contribution in [3.63, 3.8) is 0 Å². The zero-order chi connectivity index (χ0) is 18.5. The summed E-state index contributed by atoms with van der Waals surface area (Å²) in [5.74, 6) is 0.805. The molecule has 130 valence electrons. The molecule has 3 aromatic rings. The summed E-state index contributed by atoms with van der Waals surface area (Å²) in [5.41, 5.74) is 5.64. The van der Waals surface area contributed by atoms with Crippen LogP contribution < -0.4 is 10.1 Å². The van der Waals surface area contributed by atoms with E-state index in [9.17, 15) is 5.26 Å². The average molecular weight is 361 g/mol. The third kappa shape index (κ3) is 3.93. The molecule has 4 nitrogen and oxygen atoms in total. The summed E-state index contributed by atoms with van der Waals surface area (Å²) < 4.78 is 5.18. The molecule has 1 heterocycles. The Kier molecular flexibility index (Phi) is 5.35. The molecule has 1 aromatic heterocycles. The second-order valence-electron chi connectivity index (χ2n) is 5.90. The van der Waals surface area contributed by atoms with Gasteiger partial charge in [-0.25, -0.2) is 4.98 Å². The van der Waals surface area contributed by atoms with Crippen LogP contribution in [0.15, 0.2) is 54.0 Å². The molecule has 0 spiro atoms. The van der Waals surface area contributed by atoms with Crippen molar-refractivity contribution < 1.29 is 4.74 Å². The van der Waals surface area contributed by atoms with Gasteiger partial charge in [0.1, 0.15) is 22.4 Å². The van der Waals surface area contributed by atoms with E-state index in [1.807, 2.05) is 43.5 Å². The Morgan fingerprint density at radius 2 is 1.96 bits per heavy atom. The third-order valence-electron chi connectivity index (χ3n) is 4.01. The van der Waals surface area contributed by atoms with Crippen molar-refractivity contribution in [3.8, 4) is 23.1 Å². The summed E-state index contributed by atoms with van der Waals surface area (Å²) in [6.45, 7) is 4.08. The van der Waals surface area contributed by atoms with E-state index in [4.69, 9.17) is 4.74 Å². The van der Waals surface area contributed by atoms with Crippen molar-refractivity contribution in [2.75, 3.05) is 12.4 Å². The minimum Gasteiger partial charge on any atom is -0.497 e. The van der Waals surface area contributed by atoms with Gasteiger partial charge in [-0.3, -0.25) is 0 Å². The number of allylic oxidation sites excluding steroid dienone is 1. The van der Waals surface area contributed by atoms with Crippen LogP contribution in [0.1, 0.15) is 16.1 Å². The molecule has 0 saturated carbocycles. The zero-order valence-electron chi connectivity index (χ0n) is 14.9. The van der Waals surface area contributed by atoms with Gasteiger partial charge in [0.2, 0.25) is 0 Å². The molecule has 2 aromatic carbocycles. The number of thiazole rings is 1. The molecule has 1 N–H and O–H groups in total. The lowest BCUT2D eigenvalue weighted by molar-refractivity contribution is 0.415. The molecule has 5 heteroatoms. The van der Waals surface area contributed by atoms with E-state index in [0.29, 0.717) is 10.6 Å². The fraction of sp³-hybridized carbons (Fsp3) is 0.143. The quantitative estimate of drug-likeness (QED) is 0.617. The van der Waals surface area contributed by atoms with Crippen LogP contribution in [0.4, 0.5) is 5.69 Å². The Balaban J connectivity index is 1.83.